The van der Waals surface area contributed by atoms with Crippen molar-refractivity contribution in [2.75, 3.05) is 4.72 Å². The van der Waals surface area contributed by atoms with Crippen LogP contribution in [0.4, 0.5) is 5.95 Å². The summed E-state index contributed by atoms with van der Waals surface area (Å²) in [5.74, 6) is 0.545. The molecule has 0 aromatic carbocycles. The van der Waals surface area contributed by atoms with Gasteiger partial charge in [-0.05, 0) is 13.0 Å². The van der Waals surface area contributed by atoms with E-state index >= 15 is 0 Å². The van der Waals surface area contributed by atoms with Crippen LogP contribution in [0.5, 0.6) is 0 Å². The van der Waals surface area contributed by atoms with E-state index < -0.39 is 10.0 Å². The van der Waals surface area contributed by atoms with Gasteiger partial charge in [-0.25, -0.2) is 19.7 Å². The highest BCUT2D eigenvalue weighted by atomic mass is 32.2. The highest BCUT2D eigenvalue weighted by Crippen LogP contribution is 2.09. The van der Waals surface area contributed by atoms with E-state index in [0.29, 0.717) is 5.82 Å². The minimum Gasteiger partial charge on any atom is -0.332 e. The van der Waals surface area contributed by atoms with Gasteiger partial charge < -0.3 is 4.98 Å². The van der Waals surface area contributed by atoms with Crippen LogP contribution >= 0.6 is 0 Å². The van der Waals surface area contributed by atoms with Gasteiger partial charge >= 0.3 is 0 Å². The number of imidazole rings is 1. The number of nitrogens with zero attached hydrogens (tertiary/aromatic N) is 3. The van der Waals surface area contributed by atoms with E-state index in [9.17, 15) is 8.42 Å². The number of hydrogen-bond donors (Lipinski definition) is 2. The molecule has 2 N–H and O–H groups in total. The van der Waals surface area contributed by atoms with Gasteiger partial charge in [-0.1, -0.05) is 0 Å². The zero-order valence-electron chi connectivity index (χ0n) is 8.38. The minimum atomic E-state index is -3.69. The largest absolute Gasteiger partial charge is 0.332 e. The fourth-order valence-corrected chi connectivity index (χ4v) is 1.99. The second-order valence-electron chi connectivity index (χ2n) is 3.01. The number of rotatable bonds is 3. The predicted octanol–water partition coefficient (Wildman–Crippen LogP) is 0.309. The fourth-order valence-electron chi connectivity index (χ4n) is 1.06. The van der Waals surface area contributed by atoms with Gasteiger partial charge in [-0.3, -0.25) is 0 Å². The Labute approximate surface area is 92.0 Å². The predicted molar refractivity (Wildman–Crippen MR) is 56.2 cm³/mol. The van der Waals surface area contributed by atoms with Crippen molar-refractivity contribution in [2.24, 2.45) is 0 Å². The molecule has 2 aromatic rings. The van der Waals surface area contributed by atoms with E-state index in [1.54, 1.807) is 13.0 Å². The molecule has 0 radical (unpaired) electrons. The Hall–Kier alpha value is -1.96. The summed E-state index contributed by atoms with van der Waals surface area (Å²) in [5, 5.41) is -0.0162. The molecule has 2 rings (SSSR count). The van der Waals surface area contributed by atoms with Gasteiger partial charge in [-0.2, -0.15) is 8.42 Å². The quantitative estimate of drug-likeness (QED) is 0.802. The first-order chi connectivity index (χ1) is 7.58. The maximum atomic E-state index is 11.8. The van der Waals surface area contributed by atoms with Crippen LogP contribution in [0.25, 0.3) is 0 Å². The number of nitrogens with one attached hydrogen (secondary N) is 2. The smallest absolute Gasteiger partial charge is 0.281 e. The maximum Gasteiger partial charge on any atom is 0.281 e. The van der Waals surface area contributed by atoms with Gasteiger partial charge in [0.15, 0.2) is 5.03 Å². The van der Waals surface area contributed by atoms with Gasteiger partial charge in [0.25, 0.3) is 10.0 Å². The molecule has 0 aliphatic heterocycles. The summed E-state index contributed by atoms with van der Waals surface area (Å²) in [4.78, 5) is 13.9. The second-order valence-corrected chi connectivity index (χ2v) is 4.66. The lowest BCUT2D eigenvalue weighted by molar-refractivity contribution is 0.597. The third-order valence-electron chi connectivity index (χ3n) is 1.76. The molecule has 2 aromatic heterocycles. The van der Waals surface area contributed by atoms with Crippen molar-refractivity contribution in [3.8, 4) is 0 Å². The van der Waals surface area contributed by atoms with Crippen molar-refractivity contribution in [1.82, 2.24) is 19.9 Å². The molecule has 0 amide bonds. The summed E-state index contributed by atoms with van der Waals surface area (Å²) >= 11 is 0. The van der Waals surface area contributed by atoms with Crippen molar-refractivity contribution in [3.63, 3.8) is 0 Å². The van der Waals surface area contributed by atoms with E-state index in [1.165, 1.54) is 18.6 Å². The Morgan fingerprint density at radius 2 is 1.94 bits per heavy atom. The van der Waals surface area contributed by atoms with Crippen LogP contribution in [0.3, 0.4) is 0 Å². The summed E-state index contributed by atoms with van der Waals surface area (Å²) in [5.41, 5.74) is 0. The molecule has 0 unspecified atom stereocenters. The topological polar surface area (TPSA) is 101 Å². The number of aromatic nitrogens is 4. The molecule has 0 fully saturated rings. The lowest BCUT2D eigenvalue weighted by Gasteiger charge is -2.02. The minimum absolute atomic E-state index is 0.0162. The number of anilines is 1. The molecule has 0 spiro atoms. The van der Waals surface area contributed by atoms with Gasteiger partial charge in [0, 0.05) is 12.4 Å². The molecule has 0 saturated heterocycles. The zero-order chi connectivity index (χ0) is 11.6. The van der Waals surface area contributed by atoms with Crippen molar-refractivity contribution >= 4 is 16.0 Å². The van der Waals surface area contributed by atoms with Gasteiger partial charge in [0.2, 0.25) is 5.95 Å². The number of H-pyrrole nitrogens is 1. The molecule has 2 heterocycles. The second kappa shape index (κ2) is 3.89. The zero-order valence-corrected chi connectivity index (χ0v) is 9.19. The third kappa shape index (κ3) is 2.16. The van der Waals surface area contributed by atoms with Crippen molar-refractivity contribution in [1.29, 1.82) is 0 Å². The molecular formula is C8H9N5O2S. The molecule has 16 heavy (non-hydrogen) atoms. The van der Waals surface area contributed by atoms with Crippen LogP contribution in [0.1, 0.15) is 5.82 Å². The van der Waals surface area contributed by atoms with E-state index in [1.807, 2.05) is 0 Å². The Bertz CT molecular complexity index is 577. The monoisotopic (exact) mass is 239 g/mol. The Morgan fingerprint density at radius 1 is 1.25 bits per heavy atom. The molecule has 8 heteroatoms. The lowest BCUT2D eigenvalue weighted by Crippen LogP contribution is -2.15. The average molecular weight is 239 g/mol. The van der Waals surface area contributed by atoms with Crippen LogP contribution < -0.4 is 4.72 Å². The maximum absolute atomic E-state index is 11.8. The van der Waals surface area contributed by atoms with Crippen molar-refractivity contribution in [3.05, 3.63) is 30.5 Å². The molecule has 84 valence electrons. The van der Waals surface area contributed by atoms with Crippen LogP contribution in [0.15, 0.2) is 29.7 Å². The molecule has 0 atom stereocenters. The highest BCUT2D eigenvalue weighted by molar-refractivity contribution is 7.92. The summed E-state index contributed by atoms with van der Waals surface area (Å²) < 4.78 is 25.7. The first-order valence-corrected chi connectivity index (χ1v) is 5.88. The van der Waals surface area contributed by atoms with Gasteiger partial charge in [0.05, 0.1) is 6.20 Å². The summed E-state index contributed by atoms with van der Waals surface area (Å²) in [7, 11) is -3.69. The fraction of sp³-hybridized carbons (Fsp3) is 0.125. The van der Waals surface area contributed by atoms with Crippen LogP contribution in [0, 0.1) is 6.92 Å². The Morgan fingerprint density at radius 3 is 2.50 bits per heavy atom. The lowest BCUT2D eigenvalue weighted by atomic mass is 10.7. The average Bonchev–Trinajstić information content (AvgIpc) is 2.66. The first kappa shape index (κ1) is 10.6. The molecule has 0 aliphatic carbocycles. The van der Waals surface area contributed by atoms with Crippen LogP contribution in [-0.2, 0) is 10.0 Å². The standard InChI is InChI=1S/C8H9N5O2S/c1-6-11-5-7(12-6)16(14,15)13-8-9-3-2-4-10-8/h2-5H,1H3,(H,11,12)(H,9,10,13). The summed E-state index contributed by atoms with van der Waals surface area (Å²) in [6, 6.07) is 1.60. The summed E-state index contributed by atoms with van der Waals surface area (Å²) in [6.45, 7) is 1.66. The van der Waals surface area contributed by atoms with E-state index in [2.05, 4.69) is 24.7 Å². The molecular weight excluding hydrogens is 230 g/mol. The Balaban J connectivity index is 2.28. The third-order valence-corrected chi connectivity index (χ3v) is 3.00. The number of aryl methyl sites for hydroxylation is 1. The molecule has 0 aliphatic rings. The normalized spacial score (nSPS) is 11.3. The first-order valence-electron chi connectivity index (χ1n) is 4.39. The van der Waals surface area contributed by atoms with Gasteiger partial charge in [-0.15, -0.1) is 0 Å². The highest BCUT2D eigenvalue weighted by Gasteiger charge is 2.17. The molecule has 0 saturated carbocycles. The SMILES string of the molecule is Cc1ncc(S(=O)(=O)Nc2ncccn2)[nH]1. The van der Waals surface area contributed by atoms with Gasteiger partial charge in [0.1, 0.15) is 5.82 Å². The van der Waals surface area contributed by atoms with E-state index in [0.717, 1.165) is 0 Å². The van der Waals surface area contributed by atoms with Crippen LogP contribution in [-0.4, -0.2) is 28.4 Å². The molecule has 0 bridgehead atoms. The van der Waals surface area contributed by atoms with E-state index in [-0.39, 0.29) is 11.0 Å². The summed E-state index contributed by atoms with van der Waals surface area (Å²) in [6.07, 6.45) is 4.13. The van der Waals surface area contributed by atoms with Crippen molar-refractivity contribution < 1.29 is 8.42 Å². The molecule has 7 nitrogen and oxygen atoms in total. The Kier molecular flexibility index (Phi) is 2.57. The number of sulfonamides is 1. The number of aromatic amines is 1. The van der Waals surface area contributed by atoms with Crippen molar-refractivity contribution in [2.45, 2.75) is 11.9 Å². The van der Waals surface area contributed by atoms with E-state index in [4.69, 9.17) is 0 Å². The number of hydrogen-bond acceptors (Lipinski definition) is 5. The van der Waals surface area contributed by atoms with Crippen LogP contribution in [0.2, 0.25) is 0 Å².